The van der Waals surface area contributed by atoms with Gasteiger partial charge in [-0.05, 0) is 91.2 Å². The molecule has 0 radical (unpaired) electrons. The van der Waals surface area contributed by atoms with Crippen LogP contribution >= 0.6 is 0 Å². The number of ketones is 2. The molecule has 8 unspecified atom stereocenters. The lowest BCUT2D eigenvalue weighted by molar-refractivity contribution is -0.158. The maximum absolute atomic E-state index is 14.6. The van der Waals surface area contributed by atoms with E-state index >= 15 is 0 Å². The molecule has 3 saturated carbocycles. The van der Waals surface area contributed by atoms with Crippen LogP contribution in [-0.4, -0.2) is 23.0 Å². The number of carbonyl (C=O) groups is 3. The smallest absolute Gasteiger partial charge is 0.251 e. The van der Waals surface area contributed by atoms with Crippen LogP contribution in [0.2, 0.25) is 0 Å². The molecule has 1 N–H and O–H groups in total. The Labute approximate surface area is 244 Å². The number of nitriles is 1. The van der Waals surface area contributed by atoms with Crippen LogP contribution in [0.3, 0.4) is 0 Å². The molecular formula is C36H44N2O3. The van der Waals surface area contributed by atoms with Gasteiger partial charge in [0.05, 0.1) is 5.57 Å². The van der Waals surface area contributed by atoms with Gasteiger partial charge in [0.1, 0.15) is 6.07 Å². The van der Waals surface area contributed by atoms with Gasteiger partial charge in [0.15, 0.2) is 11.6 Å². The molecule has 0 saturated heterocycles. The fourth-order valence-corrected chi connectivity index (χ4v) is 10.4. The zero-order valence-electron chi connectivity index (χ0n) is 25.5. The highest BCUT2D eigenvalue weighted by molar-refractivity contribution is 6.02. The second-order valence-electron chi connectivity index (χ2n) is 15.4. The van der Waals surface area contributed by atoms with Crippen LogP contribution in [0.5, 0.6) is 0 Å². The van der Waals surface area contributed by atoms with E-state index in [2.05, 4.69) is 46.0 Å². The number of benzene rings is 1. The van der Waals surface area contributed by atoms with E-state index < -0.39 is 11.0 Å². The zero-order valence-corrected chi connectivity index (χ0v) is 25.5. The average Bonchev–Trinajstić information content (AvgIpc) is 2.93. The second-order valence-corrected chi connectivity index (χ2v) is 15.4. The molecule has 0 aliphatic heterocycles. The molecule has 0 aromatic heterocycles. The molecule has 0 bridgehead atoms. The number of rotatable bonds is 2. The molecule has 5 nitrogen and oxygen atoms in total. The van der Waals surface area contributed by atoms with Crippen LogP contribution in [0.25, 0.3) is 0 Å². The van der Waals surface area contributed by atoms with E-state index in [-0.39, 0.29) is 63.0 Å². The number of nitrogens with one attached hydrogen (secondary N) is 1. The van der Waals surface area contributed by atoms with Crippen LogP contribution in [0, 0.1) is 56.7 Å². The summed E-state index contributed by atoms with van der Waals surface area (Å²) >= 11 is 0. The monoisotopic (exact) mass is 552 g/mol. The molecule has 216 valence electrons. The van der Waals surface area contributed by atoms with Crippen molar-refractivity contribution in [2.24, 2.45) is 45.3 Å². The van der Waals surface area contributed by atoms with Crippen molar-refractivity contribution in [3.63, 3.8) is 0 Å². The largest absolute Gasteiger partial charge is 0.346 e. The molecule has 1 aromatic rings. The van der Waals surface area contributed by atoms with E-state index in [0.29, 0.717) is 5.56 Å². The third-order valence-electron chi connectivity index (χ3n) is 12.9. The number of hydrogen-bond donors (Lipinski definition) is 1. The molecule has 5 aliphatic carbocycles. The third kappa shape index (κ3) is 3.81. The Balaban J connectivity index is 1.46. The highest BCUT2D eigenvalue weighted by Gasteiger charge is 2.69. The van der Waals surface area contributed by atoms with Crippen molar-refractivity contribution in [2.45, 2.75) is 92.0 Å². The number of amides is 1. The van der Waals surface area contributed by atoms with E-state index in [1.165, 1.54) is 0 Å². The molecule has 1 aromatic carbocycles. The number of carbonyl (C=O) groups excluding carboxylic acids is 3. The molecule has 8 atom stereocenters. The summed E-state index contributed by atoms with van der Waals surface area (Å²) in [5.41, 5.74) is 0.659. The fraction of sp³-hybridized carbons (Fsp3) is 0.611. The molecule has 1 amide bonds. The first-order valence-electron chi connectivity index (χ1n) is 15.5. The number of Topliss-reactive ketones (excluding diaryl/α,β-unsaturated/α-hetero) is 1. The van der Waals surface area contributed by atoms with E-state index in [1.54, 1.807) is 0 Å². The maximum atomic E-state index is 14.6. The number of allylic oxidation sites excluding steroid dienone is 4. The summed E-state index contributed by atoms with van der Waals surface area (Å²) in [5, 5.41) is 13.4. The Bertz CT molecular complexity index is 1430. The van der Waals surface area contributed by atoms with Crippen LogP contribution in [-0.2, 0) is 9.59 Å². The van der Waals surface area contributed by atoms with Gasteiger partial charge in [-0.25, -0.2) is 0 Å². The topological polar surface area (TPSA) is 87.0 Å². The zero-order chi connectivity index (χ0) is 29.6. The van der Waals surface area contributed by atoms with Gasteiger partial charge in [0.2, 0.25) is 0 Å². The van der Waals surface area contributed by atoms with Gasteiger partial charge >= 0.3 is 0 Å². The normalized spacial score (nSPS) is 42.8. The minimum absolute atomic E-state index is 0.0439. The SMILES string of the molecule is CC1C(=O)C(C#N)=CC2(C)C3=CC(=O)C4C5CC(C)(C)CCC5(NC(=O)c5ccccc5)CCC4(C)C3(C)CCC12. The van der Waals surface area contributed by atoms with Gasteiger partial charge in [0, 0.05) is 28.4 Å². The minimum atomic E-state index is -0.503. The van der Waals surface area contributed by atoms with E-state index in [9.17, 15) is 19.6 Å². The minimum Gasteiger partial charge on any atom is -0.346 e. The van der Waals surface area contributed by atoms with Gasteiger partial charge in [-0.1, -0.05) is 71.4 Å². The molecule has 5 heteroatoms. The highest BCUT2D eigenvalue weighted by Crippen LogP contribution is 2.72. The summed E-state index contributed by atoms with van der Waals surface area (Å²) in [6, 6.07) is 11.6. The maximum Gasteiger partial charge on any atom is 0.251 e. The Morgan fingerprint density at radius 1 is 0.951 bits per heavy atom. The van der Waals surface area contributed by atoms with Gasteiger partial charge in [-0.3, -0.25) is 14.4 Å². The summed E-state index contributed by atoms with van der Waals surface area (Å²) < 4.78 is 0. The molecule has 0 heterocycles. The lowest BCUT2D eigenvalue weighted by Gasteiger charge is -2.68. The van der Waals surface area contributed by atoms with Gasteiger partial charge in [-0.2, -0.15) is 5.26 Å². The van der Waals surface area contributed by atoms with E-state index in [4.69, 9.17) is 0 Å². The van der Waals surface area contributed by atoms with Crippen LogP contribution in [0.1, 0.15) is 96.8 Å². The summed E-state index contributed by atoms with van der Waals surface area (Å²) in [4.78, 5) is 41.1. The van der Waals surface area contributed by atoms with Crippen LogP contribution in [0.15, 0.2) is 53.6 Å². The first-order valence-corrected chi connectivity index (χ1v) is 15.5. The van der Waals surface area contributed by atoms with Gasteiger partial charge in [-0.15, -0.1) is 0 Å². The van der Waals surface area contributed by atoms with Crippen LogP contribution in [0.4, 0.5) is 0 Å². The molecule has 3 fully saturated rings. The predicted molar refractivity (Wildman–Crippen MR) is 158 cm³/mol. The van der Waals surface area contributed by atoms with Gasteiger partial charge < -0.3 is 5.32 Å². The van der Waals surface area contributed by atoms with E-state index in [1.807, 2.05) is 49.4 Å². The van der Waals surface area contributed by atoms with Crippen molar-refractivity contribution < 1.29 is 14.4 Å². The van der Waals surface area contributed by atoms with Crippen LogP contribution < -0.4 is 5.32 Å². The average molecular weight is 553 g/mol. The van der Waals surface area contributed by atoms with Crippen molar-refractivity contribution in [1.29, 1.82) is 5.26 Å². The summed E-state index contributed by atoms with van der Waals surface area (Å²) in [5.74, 6) is -0.249. The van der Waals surface area contributed by atoms with Crippen molar-refractivity contribution in [3.8, 4) is 6.07 Å². The Morgan fingerprint density at radius 3 is 2.32 bits per heavy atom. The summed E-state index contributed by atoms with van der Waals surface area (Å²) in [7, 11) is 0. The first-order chi connectivity index (χ1) is 19.2. The van der Waals surface area contributed by atoms with Crippen molar-refractivity contribution in [2.75, 3.05) is 0 Å². The molecule has 5 aliphatic rings. The predicted octanol–water partition coefficient (Wildman–Crippen LogP) is 7.00. The van der Waals surface area contributed by atoms with Crippen molar-refractivity contribution >= 4 is 17.5 Å². The highest BCUT2D eigenvalue weighted by atomic mass is 16.2. The number of hydrogen-bond acceptors (Lipinski definition) is 4. The first kappa shape index (κ1) is 28.1. The lowest BCUT2D eigenvalue weighted by atomic mass is 9.36. The summed E-state index contributed by atoms with van der Waals surface area (Å²) in [6.07, 6.45) is 10.2. The molecular weight excluding hydrogens is 508 g/mol. The van der Waals surface area contributed by atoms with Crippen molar-refractivity contribution in [3.05, 3.63) is 59.2 Å². The fourth-order valence-electron chi connectivity index (χ4n) is 10.4. The van der Waals surface area contributed by atoms with Gasteiger partial charge in [0.25, 0.3) is 5.91 Å². The number of nitrogens with zero attached hydrogens (tertiary/aromatic N) is 1. The molecule has 41 heavy (non-hydrogen) atoms. The standard InChI is InChI=1S/C36H44N2O3/c1-22-25-12-13-34(5)28(33(25,4)19-24(21-37)30(22)40)18-27(39)29-26-20-32(2,3)14-16-36(26,17-15-35(29,34)6)38-31(41)23-10-8-7-9-11-23/h7-11,18-19,22,25-26,29H,12-17,20H2,1-6H3,(H,38,41). The number of fused-ring (bicyclic) bond motifs is 7. The Morgan fingerprint density at radius 2 is 1.63 bits per heavy atom. The Kier molecular flexibility index (Phi) is 6.17. The second kappa shape index (κ2) is 9.00. The molecule has 6 rings (SSSR count). The van der Waals surface area contributed by atoms with E-state index in [0.717, 1.165) is 50.5 Å². The molecule has 0 spiro atoms. The van der Waals surface area contributed by atoms with Crippen molar-refractivity contribution in [1.82, 2.24) is 5.32 Å². The lowest BCUT2D eigenvalue weighted by Crippen LogP contribution is -2.69. The quantitative estimate of drug-likeness (QED) is 0.428. The Hall–Kier alpha value is -3.00. The summed E-state index contributed by atoms with van der Waals surface area (Å²) in [6.45, 7) is 13.4. The third-order valence-corrected chi connectivity index (χ3v) is 12.9.